The lowest BCUT2D eigenvalue weighted by Gasteiger charge is -2.35. The summed E-state index contributed by atoms with van der Waals surface area (Å²) in [5.41, 5.74) is 4.74. The van der Waals surface area contributed by atoms with Crippen LogP contribution in [0.4, 0.5) is 26.1 Å². The summed E-state index contributed by atoms with van der Waals surface area (Å²) in [4.78, 5) is 40.5. The van der Waals surface area contributed by atoms with E-state index in [4.69, 9.17) is 9.97 Å². The van der Waals surface area contributed by atoms with Crippen molar-refractivity contribution in [3.8, 4) is 11.3 Å². The van der Waals surface area contributed by atoms with E-state index in [0.29, 0.717) is 24.1 Å². The number of nitrogens with zero attached hydrogens (tertiary/aromatic N) is 7. The summed E-state index contributed by atoms with van der Waals surface area (Å²) in [5.74, 6) is -0.0163. The first-order valence-corrected chi connectivity index (χ1v) is 17.1. The van der Waals surface area contributed by atoms with Crippen molar-refractivity contribution in [1.82, 2.24) is 29.8 Å². The second-order valence-corrected chi connectivity index (χ2v) is 13.1. The molecular weight excluding hydrogens is 640 g/mol. The van der Waals surface area contributed by atoms with Crippen molar-refractivity contribution in [2.24, 2.45) is 0 Å². The number of rotatable bonds is 8. The zero-order valence-corrected chi connectivity index (χ0v) is 27.4. The monoisotopic (exact) mass is 677 g/mol. The van der Waals surface area contributed by atoms with Crippen LogP contribution in [0.15, 0.2) is 79.1 Å². The Morgan fingerprint density at radius 2 is 1.74 bits per heavy atom. The van der Waals surface area contributed by atoms with Crippen LogP contribution in [0.5, 0.6) is 0 Å². The summed E-state index contributed by atoms with van der Waals surface area (Å²) in [5, 5.41) is 10.2. The summed E-state index contributed by atoms with van der Waals surface area (Å²) in [7, 11) is 0. The van der Waals surface area contributed by atoms with Crippen LogP contribution in [-0.4, -0.2) is 75.1 Å². The number of pyridine rings is 1. The van der Waals surface area contributed by atoms with Gasteiger partial charge in [-0.1, -0.05) is 24.3 Å². The number of piperazine rings is 1. The van der Waals surface area contributed by atoms with Gasteiger partial charge in [0.15, 0.2) is 5.65 Å². The highest BCUT2D eigenvalue weighted by Crippen LogP contribution is 2.37. The van der Waals surface area contributed by atoms with Gasteiger partial charge in [0.25, 0.3) is 0 Å². The van der Waals surface area contributed by atoms with Crippen molar-refractivity contribution < 1.29 is 18.4 Å². The fourth-order valence-electron chi connectivity index (χ4n) is 7.27. The third-order valence-electron chi connectivity index (χ3n) is 9.84. The second kappa shape index (κ2) is 13.5. The molecule has 0 radical (unpaired) electrons. The van der Waals surface area contributed by atoms with Crippen LogP contribution in [-0.2, 0) is 16.1 Å². The smallest absolute Gasteiger partial charge is 0.249 e. The van der Waals surface area contributed by atoms with Gasteiger partial charge >= 0.3 is 0 Å². The normalized spacial score (nSPS) is 20.0. The Morgan fingerprint density at radius 3 is 2.58 bits per heavy atom. The molecule has 3 fully saturated rings. The SMILES string of the molecule is O=C1CCC(Nc2cccc(CN3CCN(c4cccc(-c5cnn6ccc(N7CCC[C@@H]7c7ccc(F)cc7F)nc56)n4)CC3)c2)C(=O)N1. The molecule has 3 saturated heterocycles. The van der Waals surface area contributed by atoms with Crippen LogP contribution in [0, 0.1) is 11.6 Å². The number of amides is 2. The number of hydrogen-bond acceptors (Lipinski definition) is 9. The number of anilines is 3. The lowest BCUT2D eigenvalue weighted by molar-refractivity contribution is -0.133. The minimum absolute atomic E-state index is 0.222. The Balaban J connectivity index is 0.937. The molecular formula is C37H37F2N9O2. The highest BCUT2D eigenvalue weighted by molar-refractivity contribution is 6.01. The predicted octanol–water partition coefficient (Wildman–Crippen LogP) is 4.95. The number of carbonyl (C=O) groups is 2. The Kier molecular flexibility index (Phi) is 8.57. The Bertz CT molecular complexity index is 2060. The maximum absolute atomic E-state index is 14.8. The molecule has 11 nitrogen and oxygen atoms in total. The summed E-state index contributed by atoms with van der Waals surface area (Å²) in [6.07, 6.45) is 6.10. The predicted molar refractivity (Wildman–Crippen MR) is 186 cm³/mol. The third-order valence-corrected chi connectivity index (χ3v) is 9.84. The summed E-state index contributed by atoms with van der Waals surface area (Å²) in [6.45, 7) is 4.87. The quantitative estimate of drug-likeness (QED) is 0.221. The standard InChI is InChI=1S/C37H37F2N9O2/c38-25-9-10-27(29(39)21-25)32-7-3-14-47(32)34-13-15-48-36(43-34)28(22-40-48)30-6-2-8-33(42-30)46-18-16-45(17-19-46)23-24-4-1-5-26(20-24)41-31-11-12-35(49)44-37(31)50/h1-2,4-6,8-10,13,15,20-22,31-32,41H,3,7,11-12,14,16-19,23H2,(H,44,49,50)/t31?,32-/m1/s1. The van der Waals surface area contributed by atoms with Crippen molar-refractivity contribution in [2.75, 3.05) is 47.8 Å². The molecule has 2 N–H and O–H groups in total. The van der Waals surface area contributed by atoms with Crippen LogP contribution in [0.25, 0.3) is 16.9 Å². The van der Waals surface area contributed by atoms with Crippen LogP contribution in [0.3, 0.4) is 0 Å². The number of fused-ring (bicyclic) bond motifs is 1. The van der Waals surface area contributed by atoms with Crippen molar-refractivity contribution >= 4 is 34.8 Å². The zero-order chi connectivity index (χ0) is 34.2. The van der Waals surface area contributed by atoms with E-state index < -0.39 is 17.7 Å². The minimum atomic E-state index is -0.584. The van der Waals surface area contributed by atoms with E-state index in [1.54, 1.807) is 10.7 Å². The first-order valence-electron chi connectivity index (χ1n) is 17.1. The van der Waals surface area contributed by atoms with Gasteiger partial charge in [-0.15, -0.1) is 0 Å². The van der Waals surface area contributed by atoms with Crippen LogP contribution < -0.4 is 20.4 Å². The lowest BCUT2D eigenvalue weighted by Crippen LogP contribution is -2.47. The molecule has 3 aliphatic heterocycles. The van der Waals surface area contributed by atoms with E-state index in [1.165, 1.54) is 12.1 Å². The van der Waals surface area contributed by atoms with E-state index in [9.17, 15) is 18.4 Å². The molecule has 5 aromatic rings. The number of nitrogens with one attached hydrogen (secondary N) is 2. The molecule has 0 aliphatic carbocycles. The highest BCUT2D eigenvalue weighted by atomic mass is 19.1. The van der Waals surface area contributed by atoms with E-state index >= 15 is 0 Å². The van der Waals surface area contributed by atoms with Crippen molar-refractivity contribution in [3.05, 3.63) is 102 Å². The second-order valence-electron chi connectivity index (χ2n) is 13.1. The average molecular weight is 678 g/mol. The van der Waals surface area contributed by atoms with Gasteiger partial charge in [0, 0.05) is 69.2 Å². The number of imide groups is 1. The van der Waals surface area contributed by atoms with E-state index in [-0.39, 0.29) is 17.9 Å². The first kappa shape index (κ1) is 31.8. The molecule has 3 aliphatic rings. The Hall–Kier alpha value is -5.43. The van der Waals surface area contributed by atoms with Gasteiger partial charge in [-0.2, -0.15) is 5.10 Å². The van der Waals surface area contributed by atoms with Crippen molar-refractivity contribution in [3.63, 3.8) is 0 Å². The molecule has 2 atom stereocenters. The van der Waals surface area contributed by atoms with Gasteiger partial charge in [-0.25, -0.2) is 23.3 Å². The molecule has 2 aromatic carbocycles. The number of hydrogen-bond donors (Lipinski definition) is 2. The summed E-state index contributed by atoms with van der Waals surface area (Å²) in [6, 6.07) is 19.1. The molecule has 50 heavy (non-hydrogen) atoms. The Morgan fingerprint density at radius 1 is 0.880 bits per heavy atom. The van der Waals surface area contributed by atoms with E-state index in [1.807, 2.05) is 42.6 Å². The number of benzene rings is 2. The lowest BCUT2D eigenvalue weighted by atomic mass is 10.0. The van der Waals surface area contributed by atoms with Crippen LogP contribution in [0.1, 0.15) is 42.9 Å². The van der Waals surface area contributed by atoms with Gasteiger partial charge in [0.1, 0.15) is 29.3 Å². The van der Waals surface area contributed by atoms with Gasteiger partial charge in [-0.3, -0.25) is 19.8 Å². The fraction of sp³-hybridized carbons (Fsp3) is 0.324. The summed E-state index contributed by atoms with van der Waals surface area (Å²) < 4.78 is 30.1. The Labute approximate surface area is 287 Å². The molecule has 6 heterocycles. The van der Waals surface area contributed by atoms with Gasteiger partial charge in [0.05, 0.1) is 23.5 Å². The third kappa shape index (κ3) is 6.48. The largest absolute Gasteiger partial charge is 0.374 e. The van der Waals surface area contributed by atoms with Crippen molar-refractivity contribution in [1.29, 1.82) is 0 Å². The van der Waals surface area contributed by atoms with E-state index in [2.05, 4.69) is 42.6 Å². The minimum Gasteiger partial charge on any atom is -0.374 e. The number of carbonyl (C=O) groups excluding carboxylic acids is 2. The van der Waals surface area contributed by atoms with Gasteiger partial charge < -0.3 is 15.1 Å². The van der Waals surface area contributed by atoms with Crippen LogP contribution >= 0.6 is 0 Å². The number of halogens is 2. The first-order chi connectivity index (χ1) is 24.4. The molecule has 3 aromatic heterocycles. The molecule has 0 saturated carbocycles. The maximum atomic E-state index is 14.8. The topological polar surface area (TPSA) is 111 Å². The van der Waals surface area contributed by atoms with Gasteiger partial charge in [-0.05, 0) is 61.2 Å². The average Bonchev–Trinajstić information content (AvgIpc) is 3.78. The molecule has 2 amide bonds. The van der Waals surface area contributed by atoms with Gasteiger partial charge in [0.2, 0.25) is 11.8 Å². The zero-order valence-electron chi connectivity index (χ0n) is 27.4. The summed E-state index contributed by atoms with van der Waals surface area (Å²) >= 11 is 0. The van der Waals surface area contributed by atoms with E-state index in [0.717, 1.165) is 92.3 Å². The maximum Gasteiger partial charge on any atom is 0.249 e. The molecule has 0 bridgehead atoms. The van der Waals surface area contributed by atoms with Crippen LogP contribution in [0.2, 0.25) is 0 Å². The molecule has 256 valence electrons. The fourth-order valence-corrected chi connectivity index (χ4v) is 7.27. The molecule has 1 unspecified atom stereocenters. The molecule has 0 spiro atoms. The molecule has 13 heteroatoms. The number of piperidine rings is 1. The van der Waals surface area contributed by atoms with Crippen molar-refractivity contribution in [2.45, 2.75) is 44.3 Å². The molecule has 8 rings (SSSR count). The number of aromatic nitrogens is 4. The highest BCUT2D eigenvalue weighted by Gasteiger charge is 2.30.